The van der Waals surface area contributed by atoms with Crippen molar-refractivity contribution in [2.24, 2.45) is 0 Å². The molecular weight excluding hydrogens is 379 g/mol. The van der Waals surface area contributed by atoms with Crippen molar-refractivity contribution in [1.82, 2.24) is 0 Å². The Morgan fingerprint density at radius 3 is 2.04 bits per heavy atom. The van der Waals surface area contributed by atoms with Gasteiger partial charge in [-0.25, -0.2) is 9.71 Å². The second-order valence-corrected chi connectivity index (χ2v) is 7.74. The third kappa shape index (κ3) is 4.69. The number of Topliss-reactive ketones (excluding diaryl/α,β-unsaturated/α-hetero) is 1. The van der Waals surface area contributed by atoms with Crippen LogP contribution < -0.4 is 9.71 Å². The van der Waals surface area contributed by atoms with Gasteiger partial charge in [0, 0.05) is 5.56 Å². The highest BCUT2D eigenvalue weighted by Crippen LogP contribution is 2.12. The van der Waals surface area contributed by atoms with E-state index in [-0.39, 0.29) is 16.5 Å². The fourth-order valence-corrected chi connectivity index (χ4v) is 3.55. The molecule has 0 saturated carbocycles. The zero-order valence-electron chi connectivity index (χ0n) is 15.0. The molecule has 0 aliphatic carbocycles. The van der Waals surface area contributed by atoms with E-state index in [0.29, 0.717) is 16.8 Å². The lowest BCUT2D eigenvalue weighted by atomic mass is 10.1. The summed E-state index contributed by atoms with van der Waals surface area (Å²) in [5, 5.41) is 3.04. The fraction of sp³-hybridized carbons (Fsp3) is 0.0476. The minimum atomic E-state index is -3.94. The number of rotatable bonds is 5. The van der Waals surface area contributed by atoms with E-state index in [1.54, 1.807) is 48.5 Å². The van der Waals surface area contributed by atoms with Crippen LogP contribution in [0.4, 0.5) is 10.1 Å². The zero-order chi connectivity index (χ0) is 20.1. The summed E-state index contributed by atoms with van der Waals surface area (Å²) in [6.07, 6.45) is 0. The van der Waals surface area contributed by atoms with E-state index >= 15 is 0 Å². The van der Waals surface area contributed by atoms with Crippen molar-refractivity contribution in [1.29, 1.82) is 0 Å². The Morgan fingerprint density at radius 2 is 1.46 bits per heavy atom. The van der Waals surface area contributed by atoms with Gasteiger partial charge >= 0.3 is 10.0 Å². The van der Waals surface area contributed by atoms with Gasteiger partial charge in [0.05, 0.1) is 5.56 Å². The first-order chi connectivity index (χ1) is 13.3. The molecule has 0 saturated heterocycles. The summed E-state index contributed by atoms with van der Waals surface area (Å²) in [5.41, 5.74) is 1.77. The van der Waals surface area contributed by atoms with Crippen LogP contribution in [0.25, 0.3) is 0 Å². The van der Waals surface area contributed by atoms with E-state index in [0.717, 1.165) is 12.1 Å². The zero-order valence-corrected chi connectivity index (χ0v) is 15.8. The molecule has 0 fully saturated rings. The summed E-state index contributed by atoms with van der Waals surface area (Å²) in [4.78, 5) is 11.4. The summed E-state index contributed by atoms with van der Waals surface area (Å²) >= 11 is 0. The Labute approximate surface area is 162 Å². The predicted octanol–water partition coefficient (Wildman–Crippen LogP) is 2.36. The van der Waals surface area contributed by atoms with Crippen LogP contribution in [0.5, 0.6) is 0 Å². The number of nitrogens with one attached hydrogen (secondary N) is 2. The summed E-state index contributed by atoms with van der Waals surface area (Å²) in [5.74, 6) is -0.341. The van der Waals surface area contributed by atoms with Gasteiger partial charge in [0.1, 0.15) is 16.4 Å². The SMILES string of the molecule is CC(=O)c1ccc(NC(=[NH+]S(=O)(=O)c2ccc(F)cc2)c2ccccc2)cc1. The maximum absolute atomic E-state index is 13.1. The van der Waals surface area contributed by atoms with Crippen LogP contribution in [0.3, 0.4) is 0 Å². The number of sulfonamides is 1. The number of hydrogen-bond donors (Lipinski definition) is 2. The van der Waals surface area contributed by atoms with Gasteiger partial charge in [-0.2, -0.15) is 12.8 Å². The number of carbonyl (C=O) groups is 1. The van der Waals surface area contributed by atoms with Crippen LogP contribution in [-0.2, 0) is 10.0 Å². The summed E-state index contributed by atoms with van der Waals surface area (Å²) in [6, 6.07) is 20.1. The maximum atomic E-state index is 13.1. The van der Waals surface area contributed by atoms with Gasteiger partial charge in [-0.05, 0) is 67.6 Å². The van der Waals surface area contributed by atoms with Crippen molar-refractivity contribution in [2.45, 2.75) is 11.8 Å². The van der Waals surface area contributed by atoms with E-state index in [2.05, 4.69) is 9.71 Å². The Morgan fingerprint density at radius 1 is 0.857 bits per heavy atom. The Bertz CT molecular complexity index is 1110. The molecule has 3 aromatic rings. The van der Waals surface area contributed by atoms with Crippen LogP contribution in [0, 0.1) is 5.82 Å². The van der Waals surface area contributed by atoms with Crippen molar-refractivity contribution in [3.8, 4) is 0 Å². The molecule has 28 heavy (non-hydrogen) atoms. The van der Waals surface area contributed by atoms with Gasteiger partial charge in [0.15, 0.2) is 5.78 Å². The molecule has 3 rings (SSSR count). The van der Waals surface area contributed by atoms with Crippen LogP contribution in [0.2, 0.25) is 0 Å². The van der Waals surface area contributed by atoms with E-state index < -0.39 is 15.8 Å². The van der Waals surface area contributed by atoms with Crippen molar-refractivity contribution in [2.75, 3.05) is 5.32 Å². The monoisotopic (exact) mass is 397 g/mol. The molecule has 5 nitrogen and oxygen atoms in total. The number of halogens is 1. The Kier molecular flexibility index (Phi) is 5.65. The molecule has 0 aliphatic rings. The third-order valence-electron chi connectivity index (χ3n) is 3.98. The van der Waals surface area contributed by atoms with Crippen molar-refractivity contribution in [3.63, 3.8) is 0 Å². The summed E-state index contributed by atoms with van der Waals surface area (Å²) < 4.78 is 41.1. The van der Waals surface area contributed by atoms with Crippen LogP contribution in [0.15, 0.2) is 83.8 Å². The molecule has 0 aromatic heterocycles. The normalized spacial score (nSPS) is 11.9. The highest BCUT2D eigenvalue weighted by atomic mass is 32.2. The van der Waals surface area contributed by atoms with Gasteiger partial charge in [0.2, 0.25) is 0 Å². The van der Waals surface area contributed by atoms with E-state index in [1.165, 1.54) is 19.1 Å². The minimum absolute atomic E-state index is 0.0592. The molecule has 0 amide bonds. The molecule has 2 N–H and O–H groups in total. The highest BCUT2D eigenvalue weighted by Gasteiger charge is 2.20. The smallest absolute Gasteiger partial charge is 0.295 e. The number of anilines is 1. The highest BCUT2D eigenvalue weighted by molar-refractivity contribution is 7.84. The van der Waals surface area contributed by atoms with Crippen molar-refractivity contribution >= 4 is 27.3 Å². The number of amidine groups is 1. The second kappa shape index (κ2) is 8.14. The van der Waals surface area contributed by atoms with Gasteiger partial charge in [-0.15, -0.1) is 0 Å². The molecule has 142 valence electrons. The lowest BCUT2D eigenvalue weighted by Crippen LogP contribution is -2.78. The number of hydrogen-bond acceptors (Lipinski definition) is 3. The Hall–Kier alpha value is -3.32. The molecule has 0 bridgehead atoms. The number of ketones is 1. The van der Waals surface area contributed by atoms with Crippen molar-refractivity contribution < 1.29 is 22.0 Å². The average Bonchev–Trinajstić information content (AvgIpc) is 2.69. The van der Waals surface area contributed by atoms with E-state index in [4.69, 9.17) is 0 Å². The molecule has 0 spiro atoms. The first kappa shape index (κ1) is 19.4. The largest absolute Gasteiger partial charge is 0.328 e. The fourth-order valence-electron chi connectivity index (χ4n) is 2.50. The standard InChI is InChI=1S/C21H17FN2O3S/c1-15(25)16-7-11-19(12-8-16)23-21(17-5-3-2-4-6-17)24-28(26,27)20-13-9-18(22)10-14-20/h2-14H,1H3,(H,23,24)/p+1. The molecule has 0 radical (unpaired) electrons. The number of carbonyl (C=O) groups excluding carboxylic acids is 1. The maximum Gasteiger partial charge on any atom is 0.328 e. The van der Waals surface area contributed by atoms with Gasteiger partial charge in [0.25, 0.3) is 5.84 Å². The lowest BCUT2D eigenvalue weighted by Gasteiger charge is -2.05. The number of benzene rings is 3. The lowest BCUT2D eigenvalue weighted by molar-refractivity contribution is -0.266. The van der Waals surface area contributed by atoms with Crippen LogP contribution >= 0.6 is 0 Å². The minimum Gasteiger partial charge on any atom is -0.295 e. The van der Waals surface area contributed by atoms with E-state index in [9.17, 15) is 17.6 Å². The molecular formula is C21H18FN2O3S+. The van der Waals surface area contributed by atoms with Gasteiger partial charge in [-0.3, -0.25) is 4.79 Å². The molecule has 0 heterocycles. The Balaban J connectivity index is 2.01. The molecule has 0 aliphatic heterocycles. The first-order valence-corrected chi connectivity index (χ1v) is 9.92. The molecule has 0 atom stereocenters. The summed E-state index contributed by atoms with van der Waals surface area (Å²) in [6.45, 7) is 1.47. The average molecular weight is 397 g/mol. The summed E-state index contributed by atoms with van der Waals surface area (Å²) in [7, 11) is -3.94. The van der Waals surface area contributed by atoms with Crippen LogP contribution in [0.1, 0.15) is 22.8 Å². The van der Waals surface area contributed by atoms with Gasteiger partial charge < -0.3 is 0 Å². The third-order valence-corrected chi connectivity index (χ3v) is 5.35. The predicted molar refractivity (Wildman–Crippen MR) is 105 cm³/mol. The molecule has 3 aromatic carbocycles. The second-order valence-electron chi connectivity index (χ2n) is 6.06. The topological polar surface area (TPSA) is 77.2 Å². The van der Waals surface area contributed by atoms with E-state index in [1.807, 2.05) is 6.07 Å². The van der Waals surface area contributed by atoms with Crippen LogP contribution in [-0.4, -0.2) is 20.0 Å². The first-order valence-electron chi connectivity index (χ1n) is 8.44. The quantitative estimate of drug-likeness (QED) is 0.394. The van der Waals surface area contributed by atoms with Crippen molar-refractivity contribution in [3.05, 3.63) is 95.8 Å². The molecule has 0 unspecified atom stereocenters. The van der Waals surface area contributed by atoms with Gasteiger partial charge in [-0.1, -0.05) is 18.2 Å². The molecule has 7 heteroatoms.